The second-order valence-electron chi connectivity index (χ2n) is 8.37. The number of aliphatic hydroxyl groups excluding tert-OH is 1. The summed E-state index contributed by atoms with van der Waals surface area (Å²) in [4.78, 5) is 2.28. The van der Waals surface area contributed by atoms with Crippen LogP contribution < -0.4 is 9.47 Å². The molecule has 1 aliphatic rings. The van der Waals surface area contributed by atoms with Crippen LogP contribution in [-0.2, 0) is 11.3 Å². The van der Waals surface area contributed by atoms with Gasteiger partial charge in [0.1, 0.15) is 24.2 Å². The summed E-state index contributed by atoms with van der Waals surface area (Å²) in [6.07, 6.45) is 1.87. The Hall–Kier alpha value is -2.08. The highest BCUT2D eigenvalue weighted by Crippen LogP contribution is 2.19. The second-order valence-corrected chi connectivity index (χ2v) is 8.37. The molecule has 0 amide bonds. The predicted molar refractivity (Wildman–Crippen MR) is 119 cm³/mol. The molecule has 1 saturated heterocycles. The number of aliphatic hydroxyl groups is 1. The lowest BCUT2D eigenvalue weighted by atomic mass is 10.0. The molecule has 2 aromatic carbocycles. The lowest BCUT2D eigenvalue weighted by Crippen LogP contribution is -2.39. The van der Waals surface area contributed by atoms with Crippen molar-refractivity contribution in [1.82, 2.24) is 4.90 Å². The highest BCUT2D eigenvalue weighted by molar-refractivity contribution is 5.31. The minimum absolute atomic E-state index is 0.245. The van der Waals surface area contributed by atoms with E-state index >= 15 is 0 Å². The Bertz CT molecular complexity index is 739. The van der Waals surface area contributed by atoms with Crippen LogP contribution in [0, 0.1) is 0 Å². The molecule has 30 heavy (non-hydrogen) atoms. The van der Waals surface area contributed by atoms with Crippen molar-refractivity contribution in [2.45, 2.75) is 51.4 Å². The molecule has 2 atom stereocenters. The van der Waals surface area contributed by atoms with E-state index in [4.69, 9.17) is 14.2 Å². The van der Waals surface area contributed by atoms with Gasteiger partial charge in [0.05, 0.1) is 13.2 Å². The molecule has 2 unspecified atom stereocenters. The fraction of sp³-hybridized carbons (Fsp3) is 0.520. The van der Waals surface area contributed by atoms with E-state index in [2.05, 4.69) is 43.0 Å². The number of ether oxygens (including phenoxy) is 3. The number of benzene rings is 2. The summed E-state index contributed by atoms with van der Waals surface area (Å²) >= 11 is 0. The van der Waals surface area contributed by atoms with Gasteiger partial charge >= 0.3 is 0 Å². The number of rotatable bonds is 11. The van der Waals surface area contributed by atoms with Crippen molar-refractivity contribution in [2.75, 3.05) is 33.4 Å². The minimum Gasteiger partial charge on any atom is -0.497 e. The Labute approximate surface area is 180 Å². The maximum Gasteiger partial charge on any atom is 0.119 e. The Morgan fingerprint density at radius 1 is 1.07 bits per heavy atom. The van der Waals surface area contributed by atoms with Gasteiger partial charge in [0.2, 0.25) is 0 Å². The normalized spacial score (nSPS) is 17.5. The van der Waals surface area contributed by atoms with Crippen molar-refractivity contribution in [3.05, 3.63) is 59.7 Å². The van der Waals surface area contributed by atoms with Crippen LogP contribution >= 0.6 is 0 Å². The van der Waals surface area contributed by atoms with Crippen LogP contribution in [0.15, 0.2) is 48.5 Å². The van der Waals surface area contributed by atoms with E-state index in [0.717, 1.165) is 44.0 Å². The SMILES string of the molecule is COc1ccc(OCC(O)CN(Cc2ccc(C(C)C)cc2)CC2CCCO2)cc1. The third-order valence-electron chi connectivity index (χ3n) is 5.51. The van der Waals surface area contributed by atoms with Gasteiger partial charge in [-0.1, -0.05) is 38.1 Å². The first-order valence-corrected chi connectivity index (χ1v) is 10.9. The third-order valence-corrected chi connectivity index (χ3v) is 5.51. The first-order chi connectivity index (χ1) is 14.5. The van der Waals surface area contributed by atoms with E-state index in [1.807, 2.05) is 24.3 Å². The fourth-order valence-electron chi connectivity index (χ4n) is 3.76. The highest BCUT2D eigenvalue weighted by Gasteiger charge is 2.21. The van der Waals surface area contributed by atoms with Crippen molar-refractivity contribution >= 4 is 0 Å². The van der Waals surface area contributed by atoms with Gasteiger partial charge in [0.15, 0.2) is 0 Å². The van der Waals surface area contributed by atoms with Gasteiger partial charge in [-0.25, -0.2) is 0 Å². The first-order valence-electron chi connectivity index (χ1n) is 10.9. The van der Waals surface area contributed by atoms with Gasteiger partial charge in [-0.05, 0) is 54.2 Å². The highest BCUT2D eigenvalue weighted by atomic mass is 16.5. The van der Waals surface area contributed by atoms with Crippen molar-refractivity contribution in [1.29, 1.82) is 0 Å². The number of nitrogens with zero attached hydrogens (tertiary/aromatic N) is 1. The number of methoxy groups -OCH3 is 1. The quantitative estimate of drug-likeness (QED) is 0.597. The standard InChI is InChI=1S/C25H35NO4/c1-19(2)21-8-6-20(7-9-21)15-26(17-25-5-4-14-29-25)16-22(27)18-30-24-12-10-23(28-3)11-13-24/h6-13,19,22,25,27H,4-5,14-18H2,1-3H3. The van der Waals surface area contributed by atoms with Crippen molar-refractivity contribution < 1.29 is 19.3 Å². The lowest BCUT2D eigenvalue weighted by Gasteiger charge is -2.27. The summed E-state index contributed by atoms with van der Waals surface area (Å²) in [5, 5.41) is 10.6. The molecule has 0 aromatic heterocycles. The smallest absolute Gasteiger partial charge is 0.119 e. The summed E-state index contributed by atoms with van der Waals surface area (Å²) in [6, 6.07) is 16.2. The van der Waals surface area contributed by atoms with E-state index < -0.39 is 6.10 Å². The molecule has 0 spiro atoms. The first kappa shape index (κ1) is 22.6. The molecule has 3 rings (SSSR count). The molecule has 164 valence electrons. The predicted octanol–water partition coefficient (Wildman–Crippen LogP) is 4.24. The van der Waals surface area contributed by atoms with Crippen LogP contribution in [0.4, 0.5) is 0 Å². The summed E-state index contributed by atoms with van der Waals surface area (Å²) < 4.78 is 16.8. The van der Waals surface area contributed by atoms with Gasteiger partial charge in [0.25, 0.3) is 0 Å². The van der Waals surface area contributed by atoms with Crippen molar-refractivity contribution in [2.24, 2.45) is 0 Å². The zero-order chi connectivity index (χ0) is 21.3. The molecule has 1 heterocycles. The molecule has 0 saturated carbocycles. The molecule has 0 aliphatic carbocycles. The average Bonchev–Trinajstić information content (AvgIpc) is 3.26. The molecule has 1 aliphatic heterocycles. The molecule has 1 fully saturated rings. The Morgan fingerprint density at radius 3 is 2.37 bits per heavy atom. The third kappa shape index (κ3) is 7.01. The molecule has 5 heteroatoms. The molecule has 0 radical (unpaired) electrons. The Kier molecular flexibility index (Phi) is 8.55. The van der Waals surface area contributed by atoms with Gasteiger partial charge in [-0.2, -0.15) is 0 Å². The molecular weight excluding hydrogens is 378 g/mol. The van der Waals surface area contributed by atoms with E-state index in [1.165, 1.54) is 11.1 Å². The molecule has 1 N–H and O–H groups in total. The van der Waals surface area contributed by atoms with E-state index in [-0.39, 0.29) is 12.7 Å². The lowest BCUT2D eigenvalue weighted by molar-refractivity contribution is 0.0313. The van der Waals surface area contributed by atoms with Crippen LogP contribution in [-0.4, -0.2) is 55.6 Å². The number of hydrogen-bond donors (Lipinski definition) is 1. The average molecular weight is 414 g/mol. The monoisotopic (exact) mass is 413 g/mol. The molecule has 2 aromatic rings. The molecular formula is C25H35NO4. The van der Waals surface area contributed by atoms with Crippen LogP contribution in [0.2, 0.25) is 0 Å². The molecule has 5 nitrogen and oxygen atoms in total. The van der Waals surface area contributed by atoms with Gasteiger partial charge < -0.3 is 19.3 Å². The summed E-state index contributed by atoms with van der Waals surface area (Å²) in [6.45, 7) is 7.66. The van der Waals surface area contributed by atoms with Crippen LogP contribution in [0.5, 0.6) is 11.5 Å². The largest absolute Gasteiger partial charge is 0.497 e. The Balaban J connectivity index is 1.56. The minimum atomic E-state index is -0.580. The van der Waals surface area contributed by atoms with E-state index in [9.17, 15) is 5.11 Å². The maximum atomic E-state index is 10.6. The molecule has 0 bridgehead atoms. The topological polar surface area (TPSA) is 51.2 Å². The van der Waals surface area contributed by atoms with Gasteiger partial charge in [0, 0.05) is 26.2 Å². The second kappa shape index (κ2) is 11.3. The van der Waals surface area contributed by atoms with Crippen LogP contribution in [0.3, 0.4) is 0 Å². The zero-order valence-electron chi connectivity index (χ0n) is 18.4. The zero-order valence-corrected chi connectivity index (χ0v) is 18.4. The van der Waals surface area contributed by atoms with Gasteiger partial charge in [-0.3, -0.25) is 4.90 Å². The van der Waals surface area contributed by atoms with E-state index in [1.54, 1.807) is 7.11 Å². The fourth-order valence-corrected chi connectivity index (χ4v) is 3.76. The van der Waals surface area contributed by atoms with Crippen LogP contribution in [0.25, 0.3) is 0 Å². The van der Waals surface area contributed by atoms with Crippen molar-refractivity contribution in [3.63, 3.8) is 0 Å². The van der Waals surface area contributed by atoms with Crippen LogP contribution in [0.1, 0.15) is 43.7 Å². The summed E-state index contributed by atoms with van der Waals surface area (Å²) in [5.74, 6) is 2.04. The summed E-state index contributed by atoms with van der Waals surface area (Å²) in [7, 11) is 1.64. The van der Waals surface area contributed by atoms with E-state index in [0.29, 0.717) is 12.5 Å². The van der Waals surface area contributed by atoms with Crippen molar-refractivity contribution in [3.8, 4) is 11.5 Å². The Morgan fingerprint density at radius 2 is 1.77 bits per heavy atom. The summed E-state index contributed by atoms with van der Waals surface area (Å²) in [5.41, 5.74) is 2.60. The van der Waals surface area contributed by atoms with Gasteiger partial charge in [-0.15, -0.1) is 0 Å². The number of hydrogen-bond acceptors (Lipinski definition) is 5. The maximum absolute atomic E-state index is 10.6.